The molecule has 4 heteroatoms. The lowest BCUT2D eigenvalue weighted by Gasteiger charge is -1.90. The molecule has 2 aromatic rings. The molecule has 66 valence electrons. The normalized spacial score (nSPS) is 10.5. The molecule has 0 atom stereocenters. The number of benzene rings is 1. The molecule has 2 rings (SSSR count). The van der Waals surface area contributed by atoms with Crippen LogP contribution in [0, 0.1) is 0 Å². The van der Waals surface area contributed by atoms with E-state index in [0.717, 1.165) is 10.1 Å². The molecular formula is C9H8N2OS. The second-order valence-corrected chi connectivity index (χ2v) is 3.86. The van der Waals surface area contributed by atoms with E-state index in [0.29, 0.717) is 10.6 Å². The average Bonchev–Trinajstić information content (AvgIpc) is 2.46. The first kappa shape index (κ1) is 8.07. The van der Waals surface area contributed by atoms with Crippen molar-refractivity contribution in [1.82, 2.24) is 0 Å². The second kappa shape index (κ2) is 2.74. The number of amides is 1. The molecule has 0 fully saturated rings. The third-order valence-corrected chi connectivity index (χ3v) is 2.91. The average molecular weight is 192 g/mol. The van der Waals surface area contributed by atoms with Crippen molar-refractivity contribution in [2.75, 3.05) is 5.73 Å². The molecule has 0 aliphatic heterocycles. The Kier molecular flexibility index (Phi) is 1.70. The van der Waals surface area contributed by atoms with Crippen molar-refractivity contribution in [2.45, 2.75) is 0 Å². The van der Waals surface area contributed by atoms with Gasteiger partial charge in [-0.25, -0.2) is 0 Å². The zero-order chi connectivity index (χ0) is 9.42. The minimum atomic E-state index is -0.389. The summed E-state index contributed by atoms with van der Waals surface area (Å²) in [4.78, 5) is 11.4. The highest BCUT2D eigenvalue weighted by atomic mass is 32.1. The Morgan fingerprint density at radius 3 is 2.77 bits per heavy atom. The summed E-state index contributed by atoms with van der Waals surface area (Å²) in [5.41, 5.74) is 11.4. The summed E-state index contributed by atoms with van der Waals surface area (Å²) in [6, 6.07) is 7.29. The largest absolute Gasteiger partial charge is 0.399 e. The first-order valence-electron chi connectivity index (χ1n) is 3.76. The highest BCUT2D eigenvalue weighted by molar-refractivity contribution is 7.20. The number of carbonyl (C=O) groups excluding carboxylic acids is 1. The maximum absolute atomic E-state index is 10.9. The molecule has 1 amide bonds. The highest BCUT2D eigenvalue weighted by Gasteiger charge is 2.05. The third-order valence-electron chi connectivity index (χ3n) is 1.78. The van der Waals surface area contributed by atoms with Crippen LogP contribution in [0.1, 0.15) is 9.67 Å². The number of hydrogen-bond donors (Lipinski definition) is 2. The van der Waals surface area contributed by atoms with Gasteiger partial charge in [0.2, 0.25) is 0 Å². The molecule has 1 heterocycles. The maximum Gasteiger partial charge on any atom is 0.258 e. The second-order valence-electron chi connectivity index (χ2n) is 2.77. The lowest BCUT2D eigenvalue weighted by molar-refractivity contribution is 0.100. The zero-order valence-electron chi connectivity index (χ0n) is 6.78. The number of carbonyl (C=O) groups is 1. The van der Waals surface area contributed by atoms with Gasteiger partial charge < -0.3 is 11.5 Å². The number of anilines is 1. The van der Waals surface area contributed by atoms with Gasteiger partial charge in [-0.1, -0.05) is 0 Å². The van der Waals surface area contributed by atoms with Crippen LogP contribution in [0.15, 0.2) is 24.3 Å². The zero-order valence-corrected chi connectivity index (χ0v) is 7.60. The van der Waals surface area contributed by atoms with Crippen molar-refractivity contribution in [1.29, 1.82) is 0 Å². The number of rotatable bonds is 1. The highest BCUT2D eigenvalue weighted by Crippen LogP contribution is 2.26. The van der Waals surface area contributed by atoms with E-state index in [2.05, 4.69) is 0 Å². The van der Waals surface area contributed by atoms with Crippen LogP contribution in [0.4, 0.5) is 5.69 Å². The fourth-order valence-corrected chi connectivity index (χ4v) is 2.08. The van der Waals surface area contributed by atoms with E-state index in [4.69, 9.17) is 11.5 Å². The van der Waals surface area contributed by atoms with Gasteiger partial charge in [0.1, 0.15) is 0 Å². The molecule has 0 unspecified atom stereocenters. The third kappa shape index (κ3) is 1.36. The van der Waals surface area contributed by atoms with Crippen LogP contribution in [-0.4, -0.2) is 5.91 Å². The minimum absolute atomic E-state index is 0.389. The lowest BCUT2D eigenvalue weighted by Crippen LogP contribution is -2.07. The SMILES string of the molecule is NC(=O)c1cc2cc(N)ccc2s1. The van der Waals surface area contributed by atoms with Crippen LogP contribution >= 0.6 is 11.3 Å². The molecule has 0 spiro atoms. The summed E-state index contributed by atoms with van der Waals surface area (Å²) in [5, 5.41) is 0.971. The van der Waals surface area contributed by atoms with Crippen LogP contribution in [0.25, 0.3) is 10.1 Å². The monoisotopic (exact) mass is 192 g/mol. The summed E-state index contributed by atoms with van der Waals surface area (Å²) in [7, 11) is 0. The van der Waals surface area contributed by atoms with Crippen molar-refractivity contribution >= 4 is 33.0 Å². The predicted octanol–water partition coefficient (Wildman–Crippen LogP) is 1.58. The van der Waals surface area contributed by atoms with E-state index in [1.165, 1.54) is 11.3 Å². The van der Waals surface area contributed by atoms with Gasteiger partial charge in [-0.05, 0) is 29.7 Å². The van der Waals surface area contributed by atoms with Gasteiger partial charge in [-0.2, -0.15) is 0 Å². The van der Waals surface area contributed by atoms with E-state index < -0.39 is 0 Å². The van der Waals surface area contributed by atoms with Crippen molar-refractivity contribution in [3.8, 4) is 0 Å². The summed E-state index contributed by atoms with van der Waals surface area (Å²) in [5.74, 6) is -0.389. The molecule has 1 aromatic carbocycles. The number of nitrogen functional groups attached to an aromatic ring is 1. The fraction of sp³-hybridized carbons (Fsp3) is 0. The predicted molar refractivity (Wildman–Crippen MR) is 54.8 cm³/mol. The molecule has 4 N–H and O–H groups in total. The smallest absolute Gasteiger partial charge is 0.258 e. The topological polar surface area (TPSA) is 69.1 Å². The number of primary amides is 1. The summed E-state index contributed by atoms with van der Waals surface area (Å²) < 4.78 is 1.03. The molecule has 0 radical (unpaired) electrons. The van der Waals surface area contributed by atoms with E-state index in [-0.39, 0.29) is 5.91 Å². The summed E-state index contributed by atoms with van der Waals surface area (Å²) in [6.45, 7) is 0. The first-order chi connectivity index (χ1) is 6.16. The molecule has 0 saturated heterocycles. The van der Waals surface area contributed by atoms with Crippen LogP contribution in [0.3, 0.4) is 0 Å². The Hall–Kier alpha value is -1.55. The Morgan fingerprint density at radius 1 is 1.31 bits per heavy atom. The van der Waals surface area contributed by atoms with Crippen LogP contribution in [0.5, 0.6) is 0 Å². The van der Waals surface area contributed by atoms with Crippen molar-refractivity contribution in [2.24, 2.45) is 5.73 Å². The number of hydrogen-bond acceptors (Lipinski definition) is 3. The number of nitrogens with two attached hydrogens (primary N) is 2. The standard InChI is InChI=1S/C9H8N2OS/c10-6-1-2-7-5(3-6)4-8(13-7)9(11)12/h1-4H,10H2,(H2,11,12). The van der Waals surface area contributed by atoms with Gasteiger partial charge in [0, 0.05) is 10.4 Å². The maximum atomic E-state index is 10.9. The fourth-order valence-electron chi connectivity index (χ4n) is 1.18. The van der Waals surface area contributed by atoms with Crippen molar-refractivity contribution < 1.29 is 4.79 Å². The molecule has 0 aliphatic rings. The molecule has 1 aromatic heterocycles. The van der Waals surface area contributed by atoms with Crippen molar-refractivity contribution in [3.05, 3.63) is 29.1 Å². The van der Waals surface area contributed by atoms with Gasteiger partial charge in [0.05, 0.1) is 4.88 Å². The minimum Gasteiger partial charge on any atom is -0.399 e. The molecule has 3 nitrogen and oxygen atoms in total. The van der Waals surface area contributed by atoms with E-state index >= 15 is 0 Å². The van der Waals surface area contributed by atoms with Gasteiger partial charge >= 0.3 is 0 Å². The van der Waals surface area contributed by atoms with Gasteiger partial charge in [0.25, 0.3) is 5.91 Å². The van der Waals surface area contributed by atoms with E-state index in [1.54, 1.807) is 6.07 Å². The van der Waals surface area contributed by atoms with Gasteiger partial charge in [-0.15, -0.1) is 11.3 Å². The molecule has 0 saturated carbocycles. The Balaban J connectivity index is 2.68. The van der Waals surface area contributed by atoms with Gasteiger partial charge in [0.15, 0.2) is 0 Å². The quantitative estimate of drug-likeness (QED) is 0.673. The molecule has 13 heavy (non-hydrogen) atoms. The Labute approximate surface area is 79.0 Å². The number of thiophene rings is 1. The lowest BCUT2D eigenvalue weighted by atomic mass is 10.2. The van der Waals surface area contributed by atoms with E-state index in [9.17, 15) is 4.79 Å². The molecular weight excluding hydrogens is 184 g/mol. The Morgan fingerprint density at radius 2 is 2.08 bits per heavy atom. The Bertz CT molecular complexity index is 475. The number of fused-ring (bicyclic) bond motifs is 1. The van der Waals surface area contributed by atoms with E-state index in [1.807, 2.05) is 18.2 Å². The van der Waals surface area contributed by atoms with Gasteiger partial charge in [-0.3, -0.25) is 4.79 Å². The first-order valence-corrected chi connectivity index (χ1v) is 4.57. The van der Waals surface area contributed by atoms with Crippen LogP contribution < -0.4 is 11.5 Å². The summed E-state index contributed by atoms with van der Waals surface area (Å²) >= 11 is 1.38. The van der Waals surface area contributed by atoms with Crippen LogP contribution in [-0.2, 0) is 0 Å². The molecule has 0 aliphatic carbocycles. The summed E-state index contributed by atoms with van der Waals surface area (Å²) in [6.07, 6.45) is 0. The van der Waals surface area contributed by atoms with Crippen LogP contribution in [0.2, 0.25) is 0 Å². The van der Waals surface area contributed by atoms with Crippen molar-refractivity contribution in [3.63, 3.8) is 0 Å². The molecule has 0 bridgehead atoms.